The predicted molar refractivity (Wildman–Crippen MR) is 115 cm³/mol. The first-order valence-electron chi connectivity index (χ1n) is 10.4. The van der Waals surface area contributed by atoms with Gasteiger partial charge in [-0.3, -0.25) is 0 Å². The quantitative estimate of drug-likeness (QED) is 0.326. The molecule has 0 saturated heterocycles. The van der Waals surface area contributed by atoms with Gasteiger partial charge in [0.25, 0.3) is 0 Å². The molecule has 0 aliphatic heterocycles. The maximum atomic E-state index is 9.48. The summed E-state index contributed by atoms with van der Waals surface area (Å²) in [6, 6.07) is 5.86. The summed E-state index contributed by atoms with van der Waals surface area (Å²) in [5, 5.41) is 10.7. The summed E-state index contributed by atoms with van der Waals surface area (Å²) in [7, 11) is 2.23. The van der Waals surface area contributed by atoms with Crippen LogP contribution in [-0.2, 0) is 6.54 Å². The van der Waals surface area contributed by atoms with E-state index in [0.717, 1.165) is 24.1 Å². The van der Waals surface area contributed by atoms with Crippen molar-refractivity contribution in [3.63, 3.8) is 0 Å². The summed E-state index contributed by atoms with van der Waals surface area (Å²) in [5.74, 6) is 0. The van der Waals surface area contributed by atoms with E-state index >= 15 is 0 Å². The Bertz CT molecular complexity index is 498. The van der Waals surface area contributed by atoms with Crippen LogP contribution in [0.15, 0.2) is 18.2 Å². The molecule has 1 N–H and O–H groups in total. The molecule has 1 rings (SSSR count). The zero-order valence-electron chi connectivity index (χ0n) is 17.2. The Morgan fingerprint density at radius 1 is 0.815 bits per heavy atom. The van der Waals surface area contributed by atoms with Gasteiger partial charge >= 0.3 is 0 Å². The highest BCUT2D eigenvalue weighted by Gasteiger charge is 2.21. The average molecular weight is 439 g/mol. The molecule has 1 unspecified atom stereocenters. The standard InChI is InChI=1S/C22H38Cl2NO.ClH/c1-3-4-5-6-7-8-9-10-11-12-15-25(2,16-17-26)19-20-13-14-21(23)22(24)18-20;/h13-14,18,26H,3-12,15-17,19H2,1-2H3;1H/q+1;/p-1. The molecule has 0 aromatic heterocycles. The average Bonchev–Trinajstić information content (AvgIpc) is 2.60. The highest BCUT2D eigenvalue weighted by Crippen LogP contribution is 2.24. The molecule has 0 aliphatic carbocycles. The summed E-state index contributed by atoms with van der Waals surface area (Å²) in [6.07, 6.45) is 13.5. The molecule has 0 saturated carbocycles. The fourth-order valence-electron chi connectivity index (χ4n) is 3.57. The molecule has 0 radical (unpaired) electrons. The summed E-state index contributed by atoms with van der Waals surface area (Å²) in [5.41, 5.74) is 1.18. The Morgan fingerprint density at radius 3 is 1.89 bits per heavy atom. The van der Waals surface area contributed by atoms with Gasteiger partial charge in [0.15, 0.2) is 0 Å². The topological polar surface area (TPSA) is 20.2 Å². The van der Waals surface area contributed by atoms with Gasteiger partial charge in [-0.05, 0) is 25.0 Å². The van der Waals surface area contributed by atoms with E-state index in [0.29, 0.717) is 10.0 Å². The lowest BCUT2D eigenvalue weighted by Gasteiger charge is -2.34. The van der Waals surface area contributed by atoms with E-state index in [1.54, 1.807) is 0 Å². The highest BCUT2D eigenvalue weighted by atomic mass is 35.5. The number of unbranched alkanes of at least 4 members (excludes halogenated alkanes) is 9. The SMILES string of the molecule is CCCCCCCCCCCC[N+](C)(CCO)Cc1ccc(Cl)c(Cl)c1.[Cl-]. The fourth-order valence-corrected chi connectivity index (χ4v) is 3.89. The fraction of sp³-hybridized carbons (Fsp3) is 0.727. The van der Waals surface area contributed by atoms with E-state index < -0.39 is 0 Å². The molecule has 27 heavy (non-hydrogen) atoms. The van der Waals surface area contributed by atoms with Crippen molar-refractivity contribution in [3.8, 4) is 0 Å². The first kappa shape index (κ1) is 27.0. The van der Waals surface area contributed by atoms with Crippen molar-refractivity contribution in [2.24, 2.45) is 0 Å². The van der Waals surface area contributed by atoms with Crippen LogP contribution in [0.25, 0.3) is 0 Å². The highest BCUT2D eigenvalue weighted by molar-refractivity contribution is 6.42. The Balaban J connectivity index is 0.00000676. The molecule has 0 bridgehead atoms. The second-order valence-electron chi connectivity index (χ2n) is 7.88. The van der Waals surface area contributed by atoms with Gasteiger partial charge in [-0.2, -0.15) is 0 Å². The minimum Gasteiger partial charge on any atom is -1.00 e. The van der Waals surface area contributed by atoms with Crippen molar-refractivity contribution in [1.82, 2.24) is 0 Å². The Morgan fingerprint density at radius 2 is 1.37 bits per heavy atom. The van der Waals surface area contributed by atoms with Crippen LogP contribution in [0, 0.1) is 0 Å². The number of aliphatic hydroxyl groups is 1. The van der Waals surface area contributed by atoms with Crippen LogP contribution in [0.2, 0.25) is 10.0 Å². The molecule has 1 aromatic carbocycles. The molecule has 2 nitrogen and oxygen atoms in total. The molecule has 158 valence electrons. The lowest BCUT2D eigenvalue weighted by Crippen LogP contribution is -3.00. The van der Waals surface area contributed by atoms with Crippen LogP contribution in [0.5, 0.6) is 0 Å². The van der Waals surface area contributed by atoms with Crippen molar-refractivity contribution in [3.05, 3.63) is 33.8 Å². The van der Waals surface area contributed by atoms with Crippen LogP contribution in [0.1, 0.15) is 76.7 Å². The largest absolute Gasteiger partial charge is 1.00 e. The lowest BCUT2D eigenvalue weighted by molar-refractivity contribution is -0.923. The Hall–Kier alpha value is 0.01000. The molecule has 0 amide bonds. The molecule has 1 aromatic rings. The van der Waals surface area contributed by atoms with Crippen molar-refractivity contribution >= 4 is 23.2 Å². The van der Waals surface area contributed by atoms with Crippen molar-refractivity contribution in [2.75, 3.05) is 26.7 Å². The molecular formula is C22H38Cl3NO. The number of nitrogens with zero attached hydrogens (tertiary/aromatic N) is 1. The van der Waals surface area contributed by atoms with Gasteiger partial charge in [-0.1, -0.05) is 87.6 Å². The summed E-state index contributed by atoms with van der Waals surface area (Å²) >= 11 is 12.2. The van der Waals surface area contributed by atoms with Crippen LogP contribution in [-0.4, -0.2) is 36.3 Å². The molecule has 0 spiro atoms. The Labute approximate surface area is 183 Å². The van der Waals surface area contributed by atoms with Gasteiger partial charge in [-0.25, -0.2) is 0 Å². The Kier molecular flexibility index (Phi) is 15.9. The van der Waals surface area contributed by atoms with Crippen molar-refractivity contribution in [1.29, 1.82) is 0 Å². The third-order valence-electron chi connectivity index (χ3n) is 5.24. The van der Waals surface area contributed by atoms with E-state index in [4.69, 9.17) is 23.2 Å². The molecule has 0 aliphatic rings. The van der Waals surface area contributed by atoms with Crippen molar-refractivity contribution < 1.29 is 22.0 Å². The van der Waals surface area contributed by atoms with Crippen molar-refractivity contribution in [2.45, 2.75) is 77.7 Å². The zero-order chi connectivity index (χ0) is 19.3. The van der Waals surface area contributed by atoms with E-state index in [1.807, 2.05) is 18.2 Å². The number of benzene rings is 1. The van der Waals surface area contributed by atoms with E-state index in [-0.39, 0.29) is 19.0 Å². The number of quaternary nitrogens is 1. The second kappa shape index (κ2) is 15.9. The minimum absolute atomic E-state index is 0. The van der Waals surface area contributed by atoms with Crippen LogP contribution in [0.4, 0.5) is 0 Å². The first-order chi connectivity index (χ1) is 12.5. The van der Waals surface area contributed by atoms with Gasteiger partial charge < -0.3 is 22.0 Å². The number of hydrogen-bond acceptors (Lipinski definition) is 1. The molecule has 1 atom stereocenters. The van der Waals surface area contributed by atoms with Gasteiger partial charge in [0.1, 0.15) is 13.1 Å². The van der Waals surface area contributed by atoms with E-state index in [9.17, 15) is 5.11 Å². The third kappa shape index (κ3) is 12.2. The summed E-state index contributed by atoms with van der Waals surface area (Å²) < 4.78 is 0.853. The van der Waals surface area contributed by atoms with E-state index in [2.05, 4.69) is 14.0 Å². The number of rotatable bonds is 15. The number of halogens is 3. The van der Waals surface area contributed by atoms with Gasteiger partial charge in [0.2, 0.25) is 0 Å². The number of likely N-dealkylation sites (N-methyl/N-ethyl adjacent to an activating group) is 1. The number of aliphatic hydroxyl groups excluding tert-OH is 1. The third-order valence-corrected chi connectivity index (χ3v) is 5.98. The number of hydrogen-bond donors (Lipinski definition) is 1. The smallest absolute Gasteiger partial charge is 0.104 e. The lowest BCUT2D eigenvalue weighted by atomic mass is 10.1. The maximum absolute atomic E-state index is 9.48. The van der Waals surface area contributed by atoms with Gasteiger partial charge in [-0.15, -0.1) is 0 Å². The van der Waals surface area contributed by atoms with E-state index in [1.165, 1.54) is 69.8 Å². The summed E-state index contributed by atoms with van der Waals surface area (Å²) in [6.45, 7) is 5.24. The van der Waals surface area contributed by atoms with Crippen LogP contribution in [0.3, 0.4) is 0 Å². The molecule has 0 fully saturated rings. The normalized spacial score (nSPS) is 13.2. The maximum Gasteiger partial charge on any atom is 0.104 e. The monoisotopic (exact) mass is 437 g/mol. The van der Waals surface area contributed by atoms with Gasteiger partial charge in [0, 0.05) is 5.56 Å². The molecular weight excluding hydrogens is 401 g/mol. The predicted octanol–water partition coefficient (Wildman–Crippen LogP) is 3.86. The first-order valence-corrected chi connectivity index (χ1v) is 11.1. The summed E-state index contributed by atoms with van der Waals surface area (Å²) in [4.78, 5) is 0. The molecule has 5 heteroatoms. The van der Waals surface area contributed by atoms with Crippen LogP contribution < -0.4 is 12.4 Å². The zero-order valence-corrected chi connectivity index (χ0v) is 19.4. The minimum atomic E-state index is 0. The molecule has 0 heterocycles. The van der Waals surface area contributed by atoms with Gasteiger partial charge in [0.05, 0.1) is 30.2 Å². The van der Waals surface area contributed by atoms with Crippen LogP contribution >= 0.6 is 23.2 Å². The second-order valence-corrected chi connectivity index (χ2v) is 8.69.